The summed E-state index contributed by atoms with van der Waals surface area (Å²) in [4.78, 5) is 4.41. The van der Waals surface area contributed by atoms with E-state index in [0.717, 1.165) is 0 Å². The third-order valence-corrected chi connectivity index (χ3v) is 9.72. The Hall–Kier alpha value is -5.27. The topological polar surface area (TPSA) is 12.9 Å². The van der Waals surface area contributed by atoms with Crippen LogP contribution in [-0.2, 0) is 5.41 Å². The summed E-state index contributed by atoms with van der Waals surface area (Å²) in [5.41, 5.74) is 18.3. The number of hydrogen-bond donors (Lipinski definition) is 0. The Balaban J connectivity index is 1.47. The van der Waals surface area contributed by atoms with Crippen molar-refractivity contribution in [2.24, 2.45) is 0 Å². The van der Waals surface area contributed by atoms with Gasteiger partial charge >= 0.3 is 0 Å². The van der Waals surface area contributed by atoms with Gasteiger partial charge in [0.2, 0.25) is 0 Å². The number of aromatic nitrogens is 1. The molecule has 0 fully saturated rings. The molecule has 0 radical (unpaired) electrons. The van der Waals surface area contributed by atoms with Crippen molar-refractivity contribution in [3.63, 3.8) is 0 Å². The molecule has 6 aromatic carbocycles. The van der Waals surface area contributed by atoms with Gasteiger partial charge in [-0.2, -0.15) is 0 Å². The van der Waals surface area contributed by atoms with E-state index in [4.69, 9.17) is 0 Å². The second-order valence-electron chi connectivity index (χ2n) is 11.4. The summed E-state index contributed by atoms with van der Waals surface area (Å²) in [6.07, 6.45) is 3.86. The zero-order valence-electron chi connectivity index (χ0n) is 22.2. The molecule has 0 amide bonds. The van der Waals surface area contributed by atoms with Crippen LogP contribution in [0.4, 0.5) is 0 Å². The van der Waals surface area contributed by atoms with E-state index in [-0.39, 0.29) is 5.41 Å². The molecule has 1 spiro atoms. The van der Waals surface area contributed by atoms with Crippen LogP contribution < -0.4 is 0 Å². The molecule has 10 rings (SSSR count). The van der Waals surface area contributed by atoms with Gasteiger partial charge in [0.05, 0.1) is 5.41 Å². The maximum atomic E-state index is 4.41. The van der Waals surface area contributed by atoms with Gasteiger partial charge in [-0.15, -0.1) is 0 Å². The molecule has 1 aromatic heterocycles. The Morgan fingerprint density at radius 2 is 0.951 bits per heavy atom. The number of rotatable bonds is 1. The van der Waals surface area contributed by atoms with Crippen molar-refractivity contribution in [3.8, 4) is 55.6 Å². The zero-order valence-corrected chi connectivity index (χ0v) is 22.2. The van der Waals surface area contributed by atoms with Gasteiger partial charge in [0.1, 0.15) is 0 Å². The van der Waals surface area contributed by atoms with Gasteiger partial charge < -0.3 is 0 Å². The summed E-state index contributed by atoms with van der Waals surface area (Å²) in [7, 11) is 0. The lowest BCUT2D eigenvalue weighted by Crippen LogP contribution is -2.26. The predicted molar refractivity (Wildman–Crippen MR) is 168 cm³/mol. The van der Waals surface area contributed by atoms with Crippen molar-refractivity contribution in [2.75, 3.05) is 0 Å². The molecule has 0 atom stereocenters. The van der Waals surface area contributed by atoms with Crippen LogP contribution in [0.5, 0.6) is 0 Å². The smallest absolute Gasteiger partial charge is 0.0725 e. The molecule has 7 aromatic rings. The van der Waals surface area contributed by atoms with Crippen molar-refractivity contribution < 1.29 is 0 Å². The van der Waals surface area contributed by atoms with Crippen LogP contribution in [0.25, 0.3) is 66.4 Å². The van der Waals surface area contributed by atoms with E-state index >= 15 is 0 Å². The first-order valence-electron chi connectivity index (χ1n) is 14.3. The molecule has 0 unspecified atom stereocenters. The van der Waals surface area contributed by atoms with Crippen LogP contribution in [0.1, 0.15) is 22.3 Å². The lowest BCUT2D eigenvalue weighted by molar-refractivity contribution is 0.794. The summed E-state index contributed by atoms with van der Waals surface area (Å²) in [5, 5.41) is 2.65. The van der Waals surface area contributed by atoms with Gasteiger partial charge in [-0.1, -0.05) is 109 Å². The van der Waals surface area contributed by atoms with Crippen LogP contribution in [-0.4, -0.2) is 4.98 Å². The van der Waals surface area contributed by atoms with Gasteiger partial charge in [-0.25, -0.2) is 0 Å². The maximum Gasteiger partial charge on any atom is 0.0725 e. The van der Waals surface area contributed by atoms with Crippen molar-refractivity contribution >= 4 is 10.8 Å². The average molecular weight is 518 g/mol. The zero-order chi connectivity index (χ0) is 26.7. The molecular formula is C40H23N. The minimum Gasteiger partial charge on any atom is -0.265 e. The van der Waals surface area contributed by atoms with Gasteiger partial charge in [0.25, 0.3) is 0 Å². The molecule has 0 bridgehead atoms. The van der Waals surface area contributed by atoms with E-state index in [1.807, 2.05) is 12.4 Å². The van der Waals surface area contributed by atoms with Gasteiger partial charge in [0.15, 0.2) is 0 Å². The highest BCUT2D eigenvalue weighted by molar-refractivity contribution is 6.21. The Bertz CT molecular complexity index is 2210. The second-order valence-corrected chi connectivity index (χ2v) is 11.4. The summed E-state index contributed by atoms with van der Waals surface area (Å²) in [5.74, 6) is 0. The van der Waals surface area contributed by atoms with Crippen molar-refractivity contribution in [3.05, 3.63) is 162 Å². The number of pyridine rings is 1. The Morgan fingerprint density at radius 3 is 1.63 bits per heavy atom. The summed E-state index contributed by atoms with van der Waals surface area (Å²) in [6, 6.07) is 47.7. The van der Waals surface area contributed by atoms with Gasteiger partial charge in [-0.05, 0) is 107 Å². The first kappa shape index (κ1) is 21.5. The third kappa shape index (κ3) is 2.43. The fraction of sp³-hybridized carbons (Fsp3) is 0.0250. The van der Waals surface area contributed by atoms with Crippen LogP contribution >= 0.6 is 0 Å². The number of nitrogens with zero attached hydrogens (tertiary/aromatic N) is 1. The van der Waals surface area contributed by atoms with E-state index in [1.54, 1.807) is 0 Å². The number of hydrogen-bond acceptors (Lipinski definition) is 1. The molecule has 0 saturated heterocycles. The lowest BCUT2D eigenvalue weighted by atomic mass is 9.69. The van der Waals surface area contributed by atoms with E-state index in [9.17, 15) is 0 Å². The minimum absolute atomic E-state index is 0.376. The van der Waals surface area contributed by atoms with E-state index < -0.39 is 0 Å². The molecule has 188 valence electrons. The molecule has 0 saturated carbocycles. The lowest BCUT2D eigenvalue weighted by Gasteiger charge is -2.31. The van der Waals surface area contributed by atoms with Crippen LogP contribution in [0.3, 0.4) is 0 Å². The molecule has 3 aliphatic carbocycles. The Kier molecular flexibility index (Phi) is 3.92. The fourth-order valence-corrected chi connectivity index (χ4v) is 8.32. The molecule has 3 aliphatic rings. The second kappa shape index (κ2) is 7.47. The first-order chi connectivity index (χ1) is 20.4. The largest absolute Gasteiger partial charge is 0.265 e. The first-order valence-corrected chi connectivity index (χ1v) is 14.3. The quantitative estimate of drug-likeness (QED) is 0.211. The van der Waals surface area contributed by atoms with E-state index in [1.165, 1.54) is 88.7 Å². The standard InChI is InChI=1S/C40H23N/c1-4-16-32-26(11-1)27-12-2-5-17-33(27)40(32)34-18-6-3-13-29(34)39-35(40)23-31-28-14-7-9-24-10-8-15-30(36(24)28)38(31)37(39)25-19-21-41-22-20-25/h1-23H. The normalized spacial score (nSPS) is 14.0. The Morgan fingerprint density at radius 1 is 0.390 bits per heavy atom. The SMILES string of the molecule is c1ccc2c(c1)-c1ccccc1C21c2ccccc2-c2c1cc1c(c2-c2ccncc2)-c2cccc3cccc-1c23. The molecular weight excluding hydrogens is 494 g/mol. The molecule has 1 heterocycles. The highest BCUT2D eigenvalue weighted by Gasteiger charge is 2.53. The maximum absolute atomic E-state index is 4.41. The van der Waals surface area contributed by atoms with Crippen molar-refractivity contribution in [1.82, 2.24) is 4.98 Å². The molecule has 41 heavy (non-hydrogen) atoms. The Labute approximate surface area is 238 Å². The monoisotopic (exact) mass is 517 g/mol. The highest BCUT2D eigenvalue weighted by atomic mass is 14.6. The fourth-order valence-electron chi connectivity index (χ4n) is 8.32. The molecule has 1 heteroatoms. The van der Waals surface area contributed by atoms with Crippen LogP contribution in [0, 0.1) is 0 Å². The van der Waals surface area contributed by atoms with Crippen molar-refractivity contribution in [2.45, 2.75) is 5.41 Å². The number of fused-ring (bicyclic) bond motifs is 13. The average Bonchev–Trinajstić information content (AvgIpc) is 3.64. The minimum atomic E-state index is -0.376. The summed E-state index contributed by atoms with van der Waals surface area (Å²) >= 11 is 0. The highest BCUT2D eigenvalue weighted by Crippen LogP contribution is 2.66. The molecule has 0 aliphatic heterocycles. The van der Waals surface area contributed by atoms with Crippen molar-refractivity contribution in [1.29, 1.82) is 0 Å². The molecule has 1 nitrogen and oxygen atoms in total. The van der Waals surface area contributed by atoms with Crippen LogP contribution in [0.15, 0.2) is 140 Å². The van der Waals surface area contributed by atoms with Crippen LogP contribution in [0.2, 0.25) is 0 Å². The van der Waals surface area contributed by atoms with E-state index in [0.29, 0.717) is 0 Å². The predicted octanol–water partition coefficient (Wildman–Crippen LogP) is 9.89. The third-order valence-electron chi connectivity index (χ3n) is 9.72. The van der Waals surface area contributed by atoms with Gasteiger partial charge in [0, 0.05) is 12.4 Å². The van der Waals surface area contributed by atoms with Gasteiger partial charge in [-0.3, -0.25) is 4.98 Å². The molecule has 0 N–H and O–H groups in total. The number of benzene rings is 6. The summed E-state index contributed by atoms with van der Waals surface area (Å²) < 4.78 is 0. The van der Waals surface area contributed by atoms with E-state index in [2.05, 4.69) is 132 Å². The summed E-state index contributed by atoms with van der Waals surface area (Å²) in [6.45, 7) is 0.